The molecule has 7 rings (SSSR count). The Hall–Kier alpha value is -3.69. The molecule has 1 saturated carbocycles. The Balaban J connectivity index is 0.00000264. The van der Waals surface area contributed by atoms with Crippen molar-refractivity contribution in [3.05, 3.63) is 95.7 Å². The number of aryl methyl sites for hydroxylation is 2. The van der Waals surface area contributed by atoms with Crippen molar-refractivity contribution >= 4 is 32.7 Å². The summed E-state index contributed by atoms with van der Waals surface area (Å²) in [6, 6.07) is 27.8. The number of benzene rings is 3. The van der Waals surface area contributed by atoms with Crippen molar-refractivity contribution < 1.29 is 30.9 Å². The number of rotatable bonds is 4. The van der Waals surface area contributed by atoms with Crippen LogP contribution in [0.25, 0.3) is 38.5 Å². The number of ether oxygens (including phenoxy) is 1. The van der Waals surface area contributed by atoms with E-state index in [9.17, 15) is 5.11 Å². The first kappa shape index (κ1) is 24.6. The fourth-order valence-corrected chi connectivity index (χ4v) is 5.38. The minimum Gasteiger partial charge on any atom is -0.505 e. The molecule has 38 heavy (non-hydrogen) atoms. The fourth-order valence-electron chi connectivity index (χ4n) is 5.38. The molecule has 0 saturated heterocycles. The van der Waals surface area contributed by atoms with E-state index < -0.39 is 0 Å². The molecule has 3 aromatic carbocycles. The van der Waals surface area contributed by atoms with Crippen LogP contribution in [0.4, 0.5) is 0 Å². The van der Waals surface area contributed by atoms with Gasteiger partial charge in [-0.15, -0.1) is 17.5 Å². The molecule has 6 heteroatoms. The third kappa shape index (κ3) is 4.06. The Morgan fingerprint density at radius 1 is 0.921 bits per heavy atom. The largest absolute Gasteiger partial charge is 0.505 e. The Kier molecular flexibility index (Phi) is 6.20. The standard InChI is InChI=1S/C32H26N3O2.Pt/c1-19-9-15-27-26(17-19)25-14-12-23(18-28(25)35(27)29-8-3-5-20(2)33-29)37-30-16-11-22-10-13-24(21-6-4-7-21)32(36)31(22)34-30;/h3,5,8-17,21,36H,4,6-7H2,1-2H3;/q-1;. The maximum atomic E-state index is 11.0. The Morgan fingerprint density at radius 2 is 1.76 bits per heavy atom. The van der Waals surface area contributed by atoms with Crippen molar-refractivity contribution in [1.29, 1.82) is 0 Å². The molecule has 1 fully saturated rings. The molecule has 192 valence electrons. The van der Waals surface area contributed by atoms with E-state index in [0.717, 1.165) is 57.1 Å². The third-order valence-electron chi connectivity index (χ3n) is 7.51. The minimum atomic E-state index is 0. The van der Waals surface area contributed by atoms with E-state index in [1.807, 2.05) is 55.5 Å². The summed E-state index contributed by atoms with van der Waals surface area (Å²) >= 11 is 0. The van der Waals surface area contributed by atoms with Crippen molar-refractivity contribution in [2.24, 2.45) is 0 Å². The number of hydrogen-bond donors (Lipinski definition) is 1. The van der Waals surface area contributed by atoms with Crippen LogP contribution < -0.4 is 4.74 Å². The number of hydrogen-bond acceptors (Lipinski definition) is 4. The zero-order chi connectivity index (χ0) is 25.1. The number of aromatic nitrogens is 3. The van der Waals surface area contributed by atoms with Gasteiger partial charge in [0.25, 0.3) is 0 Å². The molecule has 0 bridgehead atoms. The first-order valence-corrected chi connectivity index (χ1v) is 12.8. The zero-order valence-corrected chi connectivity index (χ0v) is 23.4. The summed E-state index contributed by atoms with van der Waals surface area (Å²) in [5, 5.41) is 14.1. The van der Waals surface area contributed by atoms with Gasteiger partial charge in [0.05, 0.1) is 0 Å². The molecule has 5 nitrogen and oxygen atoms in total. The summed E-state index contributed by atoms with van der Waals surface area (Å²) in [5.74, 6) is 2.52. The summed E-state index contributed by atoms with van der Waals surface area (Å²) in [7, 11) is 0. The van der Waals surface area contributed by atoms with Crippen LogP contribution >= 0.6 is 0 Å². The predicted octanol–water partition coefficient (Wildman–Crippen LogP) is 7.91. The molecule has 3 heterocycles. The molecule has 0 radical (unpaired) electrons. The van der Waals surface area contributed by atoms with Gasteiger partial charge in [-0.3, -0.25) is 0 Å². The molecule has 6 aromatic rings. The van der Waals surface area contributed by atoms with Gasteiger partial charge in [-0.25, -0.2) is 9.97 Å². The van der Waals surface area contributed by atoms with Crippen LogP contribution in [-0.2, 0) is 21.1 Å². The number of aromatic hydroxyl groups is 1. The number of phenolic OH excluding ortho intramolecular Hbond substituents is 1. The van der Waals surface area contributed by atoms with E-state index in [1.54, 1.807) is 0 Å². The maximum absolute atomic E-state index is 11.0. The van der Waals surface area contributed by atoms with Gasteiger partial charge in [0, 0.05) is 49.5 Å². The number of pyridine rings is 2. The van der Waals surface area contributed by atoms with Crippen LogP contribution in [0.15, 0.2) is 72.8 Å². The van der Waals surface area contributed by atoms with E-state index in [-0.39, 0.29) is 26.8 Å². The van der Waals surface area contributed by atoms with Crippen LogP contribution in [0.3, 0.4) is 0 Å². The average molecular weight is 680 g/mol. The molecule has 1 N–H and O–H groups in total. The molecule has 0 atom stereocenters. The first-order valence-electron chi connectivity index (χ1n) is 12.8. The third-order valence-corrected chi connectivity index (χ3v) is 7.51. The van der Waals surface area contributed by atoms with Crippen LogP contribution in [0.5, 0.6) is 17.4 Å². The zero-order valence-electron chi connectivity index (χ0n) is 21.1. The molecule has 1 aliphatic rings. The van der Waals surface area contributed by atoms with Crippen molar-refractivity contribution in [1.82, 2.24) is 14.5 Å². The summed E-state index contributed by atoms with van der Waals surface area (Å²) in [6.07, 6.45) is 3.45. The van der Waals surface area contributed by atoms with Crippen molar-refractivity contribution in [2.75, 3.05) is 0 Å². The molecule has 0 unspecified atom stereocenters. The molecule has 0 amide bonds. The van der Waals surface area contributed by atoms with E-state index in [4.69, 9.17) is 9.72 Å². The molecule has 3 aromatic heterocycles. The van der Waals surface area contributed by atoms with Crippen molar-refractivity contribution in [3.63, 3.8) is 0 Å². The fraction of sp³-hybridized carbons (Fsp3) is 0.188. The second-order valence-corrected chi connectivity index (χ2v) is 10.0. The van der Waals surface area contributed by atoms with Gasteiger partial charge in [-0.05, 0) is 67.8 Å². The Labute approximate surface area is 235 Å². The monoisotopic (exact) mass is 679 g/mol. The van der Waals surface area contributed by atoms with Crippen LogP contribution in [-0.4, -0.2) is 19.6 Å². The van der Waals surface area contributed by atoms with E-state index in [0.29, 0.717) is 23.1 Å². The van der Waals surface area contributed by atoms with E-state index >= 15 is 0 Å². The summed E-state index contributed by atoms with van der Waals surface area (Å²) in [6.45, 7) is 4.10. The molecule has 0 spiro atoms. The van der Waals surface area contributed by atoms with Gasteiger partial charge < -0.3 is 14.4 Å². The van der Waals surface area contributed by atoms with Gasteiger partial charge in [-0.2, -0.15) is 6.07 Å². The summed E-state index contributed by atoms with van der Waals surface area (Å²) in [5.41, 5.74) is 5.69. The number of phenols is 1. The van der Waals surface area contributed by atoms with Crippen molar-refractivity contribution in [2.45, 2.75) is 39.0 Å². The SMILES string of the molecule is Cc1ccc2c(c1)c1ccc(Oc3ccc4ccc(C5CCC5)c(O)c4n3)[c-]c1n2-c1cccc(C)n1.[Pt]. The van der Waals surface area contributed by atoms with E-state index in [2.05, 4.69) is 46.8 Å². The smallest absolute Gasteiger partial charge is 0.217 e. The molecule has 1 aliphatic carbocycles. The number of nitrogens with zero attached hydrogens (tertiary/aromatic N) is 3. The second-order valence-electron chi connectivity index (χ2n) is 10.0. The molecular formula is C32H26N3O2Pt-. The van der Waals surface area contributed by atoms with Crippen molar-refractivity contribution in [3.8, 4) is 23.2 Å². The van der Waals surface area contributed by atoms with Crippen LogP contribution in [0.1, 0.15) is 42.0 Å². The second kappa shape index (κ2) is 9.56. The van der Waals surface area contributed by atoms with Gasteiger partial charge in [0.15, 0.2) is 0 Å². The van der Waals surface area contributed by atoms with Gasteiger partial charge in [0.1, 0.15) is 17.1 Å². The normalized spacial score (nSPS) is 13.5. The minimum absolute atomic E-state index is 0. The van der Waals surface area contributed by atoms with Gasteiger partial charge in [-0.1, -0.05) is 47.8 Å². The summed E-state index contributed by atoms with van der Waals surface area (Å²) in [4.78, 5) is 9.48. The Bertz CT molecular complexity index is 1840. The van der Waals surface area contributed by atoms with Crippen LogP contribution in [0.2, 0.25) is 0 Å². The summed E-state index contributed by atoms with van der Waals surface area (Å²) < 4.78 is 8.35. The van der Waals surface area contributed by atoms with Gasteiger partial charge in [0.2, 0.25) is 5.88 Å². The van der Waals surface area contributed by atoms with Crippen LogP contribution in [0, 0.1) is 19.9 Å². The molecule has 0 aliphatic heterocycles. The number of fused-ring (bicyclic) bond motifs is 4. The molecular weight excluding hydrogens is 653 g/mol. The van der Waals surface area contributed by atoms with E-state index in [1.165, 1.54) is 12.0 Å². The van der Waals surface area contributed by atoms with Gasteiger partial charge >= 0.3 is 0 Å². The quantitative estimate of drug-likeness (QED) is 0.193. The Morgan fingerprint density at radius 3 is 2.55 bits per heavy atom. The maximum Gasteiger partial charge on any atom is 0.217 e. The topological polar surface area (TPSA) is 60.2 Å². The average Bonchev–Trinajstić information content (AvgIpc) is 3.17. The predicted molar refractivity (Wildman–Crippen MR) is 147 cm³/mol. The first-order chi connectivity index (χ1) is 18.0.